The van der Waals surface area contributed by atoms with Crippen molar-refractivity contribution in [3.05, 3.63) is 0 Å². The molecule has 114 valence electrons. The van der Waals surface area contributed by atoms with Crippen LogP contribution in [-0.4, -0.2) is 52.6 Å². The molecule has 0 fully saturated rings. The number of amides is 1. The van der Waals surface area contributed by atoms with Crippen LogP contribution in [0, 0.1) is 0 Å². The number of carbonyl (C=O) groups is 1. The first-order valence-corrected chi connectivity index (χ1v) is 6.81. The van der Waals surface area contributed by atoms with Crippen LogP contribution < -0.4 is 21.9 Å². The first-order chi connectivity index (χ1) is 9.31. The minimum absolute atomic E-state index is 0.0941. The van der Waals surface area contributed by atoms with E-state index in [4.69, 9.17) is 15.3 Å². The molecule has 0 spiro atoms. The second kappa shape index (κ2) is 15.3. The number of ether oxygens (including phenoxy) is 2. The maximum Gasteiger partial charge on any atom is 0.220 e. The summed E-state index contributed by atoms with van der Waals surface area (Å²) in [5.41, 5.74) is 2.38. The van der Waals surface area contributed by atoms with Crippen LogP contribution in [0.4, 0.5) is 0 Å². The van der Waals surface area contributed by atoms with Gasteiger partial charge in [0, 0.05) is 13.0 Å². The van der Waals surface area contributed by atoms with Crippen LogP contribution in [0.1, 0.15) is 25.7 Å². The molecule has 0 aliphatic heterocycles. The van der Waals surface area contributed by atoms with E-state index in [0.717, 1.165) is 25.8 Å². The molecule has 0 aromatic rings. The number of carbonyl (C=O) groups excluding carboxylic acids is 1. The molecular weight excluding hydrogens is 248 g/mol. The highest BCUT2D eigenvalue weighted by atomic mass is 16.5. The molecule has 1 amide bonds. The number of hydrogen-bond donors (Lipinski definition) is 4. The van der Waals surface area contributed by atoms with Crippen LogP contribution in [-0.2, 0) is 14.3 Å². The Labute approximate surface area is 115 Å². The maximum atomic E-state index is 11.4. The minimum atomic E-state index is 0.0941. The van der Waals surface area contributed by atoms with Gasteiger partial charge in [0.1, 0.15) is 6.73 Å². The summed E-state index contributed by atoms with van der Waals surface area (Å²) in [6.45, 7) is 3.37. The standard InChI is InChI=1S/C12H28N4O3/c1-14-6-4-2-3-5-12(17)15-7-8-18-9-10-19-11-16-13/h14,16H,2-11,13H2,1H3,(H,15,17). The van der Waals surface area contributed by atoms with E-state index in [1.807, 2.05) is 7.05 Å². The molecule has 0 saturated carbocycles. The number of unbranched alkanes of at least 4 members (excludes halogenated alkanes) is 2. The van der Waals surface area contributed by atoms with Crippen molar-refractivity contribution in [1.29, 1.82) is 0 Å². The summed E-state index contributed by atoms with van der Waals surface area (Å²) in [5.74, 6) is 5.12. The van der Waals surface area contributed by atoms with Crippen molar-refractivity contribution in [3.8, 4) is 0 Å². The number of nitrogens with two attached hydrogens (primary N) is 1. The maximum absolute atomic E-state index is 11.4. The average molecular weight is 276 g/mol. The Morgan fingerprint density at radius 1 is 1.05 bits per heavy atom. The van der Waals surface area contributed by atoms with Crippen molar-refractivity contribution in [2.45, 2.75) is 25.7 Å². The molecule has 0 aromatic carbocycles. The SMILES string of the molecule is CNCCCCCC(=O)NCCOCCOCNN. The number of nitrogens with one attached hydrogen (secondary N) is 3. The Hall–Kier alpha value is -0.730. The zero-order chi connectivity index (χ0) is 14.2. The molecular formula is C12H28N4O3. The van der Waals surface area contributed by atoms with E-state index >= 15 is 0 Å². The zero-order valence-electron chi connectivity index (χ0n) is 11.9. The van der Waals surface area contributed by atoms with Crippen LogP contribution in [0.3, 0.4) is 0 Å². The second-order valence-corrected chi connectivity index (χ2v) is 4.13. The molecule has 0 unspecified atom stereocenters. The summed E-state index contributed by atoms with van der Waals surface area (Å²) < 4.78 is 10.3. The molecule has 7 nitrogen and oxygen atoms in total. The fourth-order valence-corrected chi connectivity index (χ4v) is 1.47. The van der Waals surface area contributed by atoms with Gasteiger partial charge in [-0.15, -0.1) is 0 Å². The van der Waals surface area contributed by atoms with Crippen molar-refractivity contribution < 1.29 is 14.3 Å². The van der Waals surface area contributed by atoms with Crippen molar-refractivity contribution in [1.82, 2.24) is 16.1 Å². The predicted molar refractivity (Wildman–Crippen MR) is 74.4 cm³/mol. The normalized spacial score (nSPS) is 10.6. The van der Waals surface area contributed by atoms with Crippen LogP contribution in [0.2, 0.25) is 0 Å². The van der Waals surface area contributed by atoms with Gasteiger partial charge < -0.3 is 20.1 Å². The third-order valence-electron chi connectivity index (χ3n) is 2.46. The lowest BCUT2D eigenvalue weighted by Crippen LogP contribution is -2.28. The fourth-order valence-electron chi connectivity index (χ4n) is 1.47. The Kier molecular flexibility index (Phi) is 14.7. The molecule has 0 radical (unpaired) electrons. The molecule has 19 heavy (non-hydrogen) atoms. The first-order valence-electron chi connectivity index (χ1n) is 6.81. The van der Waals surface area contributed by atoms with Gasteiger partial charge in [-0.3, -0.25) is 10.6 Å². The van der Waals surface area contributed by atoms with E-state index in [1.54, 1.807) is 0 Å². The van der Waals surface area contributed by atoms with Crippen LogP contribution in [0.5, 0.6) is 0 Å². The topological polar surface area (TPSA) is 97.6 Å². The third kappa shape index (κ3) is 15.2. The fraction of sp³-hybridized carbons (Fsp3) is 0.917. The minimum Gasteiger partial charge on any atom is -0.377 e. The van der Waals surface area contributed by atoms with E-state index in [2.05, 4.69) is 16.1 Å². The van der Waals surface area contributed by atoms with Crippen molar-refractivity contribution >= 4 is 5.91 Å². The zero-order valence-corrected chi connectivity index (χ0v) is 11.9. The lowest BCUT2D eigenvalue weighted by Gasteiger charge is -2.07. The molecule has 7 heteroatoms. The van der Waals surface area contributed by atoms with Gasteiger partial charge in [0.25, 0.3) is 0 Å². The highest BCUT2D eigenvalue weighted by Crippen LogP contribution is 1.98. The molecule has 0 heterocycles. The van der Waals surface area contributed by atoms with Crippen molar-refractivity contribution in [2.24, 2.45) is 5.84 Å². The van der Waals surface area contributed by atoms with Gasteiger partial charge in [-0.2, -0.15) is 0 Å². The molecule has 0 saturated heterocycles. The summed E-state index contributed by atoms with van der Waals surface area (Å²) in [6.07, 6.45) is 3.73. The van der Waals surface area contributed by atoms with Crippen LogP contribution >= 0.6 is 0 Å². The summed E-state index contributed by atoms with van der Waals surface area (Å²) in [6, 6.07) is 0. The van der Waals surface area contributed by atoms with E-state index in [0.29, 0.717) is 39.5 Å². The molecule has 0 aliphatic rings. The summed E-state index contributed by atoms with van der Waals surface area (Å²) >= 11 is 0. The van der Waals surface area contributed by atoms with Gasteiger partial charge in [-0.1, -0.05) is 6.42 Å². The van der Waals surface area contributed by atoms with Crippen molar-refractivity contribution in [3.63, 3.8) is 0 Å². The van der Waals surface area contributed by atoms with Crippen LogP contribution in [0.25, 0.3) is 0 Å². The van der Waals surface area contributed by atoms with Gasteiger partial charge >= 0.3 is 0 Å². The van der Waals surface area contributed by atoms with E-state index in [-0.39, 0.29) is 5.91 Å². The molecule has 0 aliphatic carbocycles. The molecule has 0 bridgehead atoms. The summed E-state index contributed by atoms with van der Waals surface area (Å²) in [5, 5.41) is 5.91. The lowest BCUT2D eigenvalue weighted by atomic mass is 10.2. The van der Waals surface area contributed by atoms with Gasteiger partial charge in [0.2, 0.25) is 5.91 Å². The smallest absolute Gasteiger partial charge is 0.220 e. The molecule has 0 aromatic heterocycles. The Balaban J connectivity index is 3.12. The average Bonchev–Trinajstić information content (AvgIpc) is 2.41. The summed E-state index contributed by atoms with van der Waals surface area (Å²) in [4.78, 5) is 11.4. The van der Waals surface area contributed by atoms with Crippen molar-refractivity contribution in [2.75, 3.05) is 46.7 Å². The van der Waals surface area contributed by atoms with E-state index in [1.165, 1.54) is 0 Å². The van der Waals surface area contributed by atoms with E-state index < -0.39 is 0 Å². The molecule has 0 rings (SSSR count). The van der Waals surface area contributed by atoms with Gasteiger partial charge in [-0.25, -0.2) is 5.43 Å². The highest BCUT2D eigenvalue weighted by Gasteiger charge is 2.00. The first kappa shape index (κ1) is 18.3. The predicted octanol–water partition coefficient (Wildman–Crippen LogP) is -0.664. The second-order valence-electron chi connectivity index (χ2n) is 4.13. The summed E-state index contributed by atoms with van der Waals surface area (Å²) in [7, 11) is 1.93. The third-order valence-corrected chi connectivity index (χ3v) is 2.46. The number of hydrazine groups is 1. The van der Waals surface area contributed by atoms with Gasteiger partial charge in [-0.05, 0) is 26.4 Å². The monoisotopic (exact) mass is 276 g/mol. The quantitative estimate of drug-likeness (QED) is 0.145. The Bertz CT molecular complexity index is 205. The molecule has 5 N–H and O–H groups in total. The Morgan fingerprint density at radius 3 is 2.58 bits per heavy atom. The van der Waals surface area contributed by atoms with Crippen LogP contribution in [0.15, 0.2) is 0 Å². The highest BCUT2D eigenvalue weighted by molar-refractivity contribution is 5.75. The number of rotatable bonds is 14. The van der Waals surface area contributed by atoms with E-state index in [9.17, 15) is 4.79 Å². The Morgan fingerprint density at radius 2 is 1.84 bits per heavy atom. The molecule has 0 atom stereocenters. The lowest BCUT2D eigenvalue weighted by molar-refractivity contribution is -0.121. The largest absolute Gasteiger partial charge is 0.377 e. The number of hydrogen-bond acceptors (Lipinski definition) is 6. The van der Waals surface area contributed by atoms with Gasteiger partial charge in [0.15, 0.2) is 0 Å². The van der Waals surface area contributed by atoms with Gasteiger partial charge in [0.05, 0.1) is 19.8 Å².